The molecule has 2 aliphatic heterocycles. The maximum absolute atomic E-state index is 12.3. The summed E-state index contributed by atoms with van der Waals surface area (Å²) in [6.45, 7) is 2.91. The second-order valence-electron chi connectivity index (χ2n) is 7.25. The molecular weight excluding hydrogens is 434 g/mol. The van der Waals surface area contributed by atoms with Crippen molar-refractivity contribution < 1.29 is 14.3 Å². The Kier molecular flexibility index (Phi) is 5.80. The first kappa shape index (κ1) is 19.8. The van der Waals surface area contributed by atoms with Gasteiger partial charge in [0.2, 0.25) is 0 Å². The molecule has 1 saturated heterocycles. The number of imide groups is 1. The summed E-state index contributed by atoms with van der Waals surface area (Å²) in [4.78, 5) is 26.8. The molecule has 0 aliphatic carbocycles. The van der Waals surface area contributed by atoms with Gasteiger partial charge in [0.25, 0.3) is 11.8 Å². The van der Waals surface area contributed by atoms with Crippen molar-refractivity contribution in [3.8, 4) is 0 Å². The second-order valence-corrected chi connectivity index (χ2v) is 8.17. The lowest BCUT2D eigenvalue weighted by Crippen LogP contribution is -2.36. The molecular formula is C22H22BrN3O3. The average molecular weight is 456 g/mol. The van der Waals surface area contributed by atoms with Crippen LogP contribution in [0.2, 0.25) is 0 Å². The van der Waals surface area contributed by atoms with E-state index in [1.165, 1.54) is 5.56 Å². The van der Waals surface area contributed by atoms with Crippen LogP contribution in [0.25, 0.3) is 5.57 Å². The molecule has 1 fully saturated rings. The molecule has 2 N–H and O–H groups in total. The minimum absolute atomic E-state index is 0.332. The van der Waals surface area contributed by atoms with Gasteiger partial charge >= 0.3 is 0 Å². The van der Waals surface area contributed by atoms with E-state index in [1.54, 1.807) is 31.5 Å². The number of amides is 2. The molecule has 0 bridgehead atoms. The maximum atomic E-state index is 12.3. The molecule has 0 spiro atoms. The largest absolute Gasteiger partial charge is 0.380 e. The van der Waals surface area contributed by atoms with E-state index in [0.29, 0.717) is 22.8 Å². The molecule has 2 aromatic carbocycles. The van der Waals surface area contributed by atoms with Crippen LogP contribution in [-0.2, 0) is 16.1 Å². The van der Waals surface area contributed by atoms with E-state index in [2.05, 4.69) is 43.6 Å². The first-order chi connectivity index (χ1) is 14.0. The summed E-state index contributed by atoms with van der Waals surface area (Å²) >= 11 is 3.40. The lowest BCUT2D eigenvalue weighted by molar-refractivity contribution is -0.114. The molecule has 1 atom stereocenters. The Morgan fingerprint density at radius 1 is 1.17 bits per heavy atom. The number of ether oxygens (including phenoxy) is 1. The van der Waals surface area contributed by atoms with E-state index in [4.69, 9.17) is 4.74 Å². The van der Waals surface area contributed by atoms with Crippen molar-refractivity contribution in [1.82, 2.24) is 10.2 Å². The number of nitrogens with one attached hydrogen (secondary N) is 2. The molecule has 2 amide bonds. The normalized spacial score (nSPS) is 20.6. The zero-order chi connectivity index (χ0) is 20.4. The number of hydrogen-bond acceptors (Lipinski definition) is 5. The molecule has 2 aromatic rings. The highest BCUT2D eigenvalue weighted by Gasteiger charge is 2.27. The minimum atomic E-state index is -0.411. The fourth-order valence-electron chi connectivity index (χ4n) is 3.69. The SMILES string of the molecule is CO[C@@H]1CCN(Cc2ccc(N/C=C3\C(=O)NC(=O)c4ccc(Br)cc43)cc2)C1. The molecule has 0 aromatic heterocycles. The third-order valence-electron chi connectivity index (χ3n) is 5.29. The van der Waals surface area contributed by atoms with Crippen molar-refractivity contribution in [2.45, 2.75) is 19.1 Å². The van der Waals surface area contributed by atoms with Crippen molar-refractivity contribution in [1.29, 1.82) is 0 Å². The molecule has 0 saturated carbocycles. The third-order valence-corrected chi connectivity index (χ3v) is 5.79. The molecule has 2 heterocycles. The van der Waals surface area contributed by atoms with Crippen LogP contribution in [0.4, 0.5) is 5.69 Å². The Labute approximate surface area is 178 Å². The first-order valence-corrected chi connectivity index (χ1v) is 10.3. The van der Waals surface area contributed by atoms with Gasteiger partial charge in [0.1, 0.15) is 0 Å². The molecule has 2 aliphatic rings. The summed E-state index contributed by atoms with van der Waals surface area (Å²) in [5.74, 6) is -0.789. The number of benzene rings is 2. The quantitative estimate of drug-likeness (QED) is 0.533. The van der Waals surface area contributed by atoms with Gasteiger partial charge in [-0.1, -0.05) is 28.1 Å². The monoisotopic (exact) mass is 455 g/mol. The zero-order valence-electron chi connectivity index (χ0n) is 16.1. The number of halogens is 1. The number of rotatable bonds is 5. The van der Waals surface area contributed by atoms with Crippen molar-refractivity contribution in [3.63, 3.8) is 0 Å². The fraction of sp³-hybridized carbons (Fsp3) is 0.273. The summed E-state index contributed by atoms with van der Waals surface area (Å²) in [6.07, 6.45) is 3.05. The Balaban J connectivity index is 1.46. The number of methoxy groups -OCH3 is 1. The summed E-state index contributed by atoms with van der Waals surface area (Å²) < 4.78 is 6.23. The average Bonchev–Trinajstić information content (AvgIpc) is 3.16. The zero-order valence-corrected chi connectivity index (χ0v) is 17.7. The van der Waals surface area contributed by atoms with E-state index < -0.39 is 5.91 Å². The number of anilines is 1. The van der Waals surface area contributed by atoms with Gasteiger partial charge in [-0.3, -0.25) is 19.8 Å². The summed E-state index contributed by atoms with van der Waals surface area (Å²) in [5.41, 5.74) is 3.62. The van der Waals surface area contributed by atoms with Crippen molar-refractivity contribution in [2.24, 2.45) is 0 Å². The highest BCUT2D eigenvalue weighted by atomic mass is 79.9. The highest BCUT2D eigenvalue weighted by molar-refractivity contribution is 9.10. The summed E-state index contributed by atoms with van der Waals surface area (Å²) in [5, 5.41) is 5.56. The van der Waals surface area contributed by atoms with Crippen molar-refractivity contribution >= 4 is 39.0 Å². The number of likely N-dealkylation sites (tertiary alicyclic amines) is 1. The van der Waals surface area contributed by atoms with Crippen molar-refractivity contribution in [2.75, 3.05) is 25.5 Å². The lowest BCUT2D eigenvalue weighted by Gasteiger charge is -2.19. The summed E-state index contributed by atoms with van der Waals surface area (Å²) in [7, 11) is 1.77. The van der Waals surface area contributed by atoms with E-state index in [0.717, 1.165) is 36.2 Å². The van der Waals surface area contributed by atoms with Gasteiger partial charge in [-0.25, -0.2) is 0 Å². The van der Waals surface area contributed by atoms with Crippen LogP contribution in [0.15, 0.2) is 53.1 Å². The Bertz CT molecular complexity index is 972. The Hall–Kier alpha value is -2.48. The van der Waals surface area contributed by atoms with Gasteiger partial charge in [0, 0.05) is 54.2 Å². The minimum Gasteiger partial charge on any atom is -0.380 e. The van der Waals surface area contributed by atoms with Crippen molar-refractivity contribution in [3.05, 3.63) is 69.8 Å². The van der Waals surface area contributed by atoms with Gasteiger partial charge in [-0.2, -0.15) is 0 Å². The van der Waals surface area contributed by atoms with Crippen LogP contribution in [0.5, 0.6) is 0 Å². The van der Waals surface area contributed by atoms with Gasteiger partial charge in [-0.05, 0) is 42.3 Å². The number of carbonyl (C=O) groups is 2. The van der Waals surface area contributed by atoms with Crippen LogP contribution in [0.1, 0.15) is 27.9 Å². The standard InChI is InChI=1S/C22H22BrN3O3/c1-29-17-8-9-26(13-17)12-14-2-5-16(6-3-14)24-11-20-19-10-15(23)4-7-18(19)21(27)25-22(20)28/h2-7,10-11,17,24H,8-9,12-13H2,1H3,(H,25,27,28)/b20-11-/t17-/m1/s1. The predicted octanol–water partition coefficient (Wildman–Crippen LogP) is 3.39. The van der Waals surface area contributed by atoms with E-state index in [1.807, 2.05) is 12.1 Å². The number of carbonyl (C=O) groups excluding carboxylic acids is 2. The van der Waals surface area contributed by atoms with Crippen LogP contribution < -0.4 is 10.6 Å². The van der Waals surface area contributed by atoms with Gasteiger partial charge in [0.15, 0.2) is 0 Å². The number of nitrogens with zero attached hydrogens (tertiary/aromatic N) is 1. The van der Waals surface area contributed by atoms with E-state index in [9.17, 15) is 9.59 Å². The smallest absolute Gasteiger partial charge is 0.260 e. The Morgan fingerprint density at radius 3 is 2.69 bits per heavy atom. The third kappa shape index (κ3) is 4.42. The van der Waals surface area contributed by atoms with Crippen LogP contribution in [0.3, 0.4) is 0 Å². The summed E-state index contributed by atoms with van der Waals surface area (Å²) in [6, 6.07) is 13.4. The van der Waals surface area contributed by atoms with Crippen LogP contribution in [-0.4, -0.2) is 43.0 Å². The molecule has 0 unspecified atom stereocenters. The molecule has 7 heteroatoms. The Morgan fingerprint density at radius 2 is 1.97 bits per heavy atom. The van der Waals surface area contributed by atoms with Crippen LogP contribution >= 0.6 is 15.9 Å². The molecule has 150 valence electrons. The topological polar surface area (TPSA) is 70.7 Å². The fourth-order valence-corrected chi connectivity index (χ4v) is 4.05. The predicted molar refractivity (Wildman–Crippen MR) is 115 cm³/mol. The van der Waals surface area contributed by atoms with E-state index in [-0.39, 0.29) is 5.91 Å². The maximum Gasteiger partial charge on any atom is 0.260 e. The molecule has 0 radical (unpaired) electrons. The first-order valence-electron chi connectivity index (χ1n) is 9.50. The van der Waals surface area contributed by atoms with Crippen LogP contribution in [0, 0.1) is 0 Å². The van der Waals surface area contributed by atoms with Gasteiger partial charge in [0.05, 0.1) is 11.7 Å². The highest BCUT2D eigenvalue weighted by Crippen LogP contribution is 2.27. The molecule has 29 heavy (non-hydrogen) atoms. The van der Waals surface area contributed by atoms with Gasteiger partial charge < -0.3 is 10.1 Å². The van der Waals surface area contributed by atoms with Gasteiger partial charge in [-0.15, -0.1) is 0 Å². The van der Waals surface area contributed by atoms with E-state index >= 15 is 0 Å². The molecule has 4 rings (SSSR count). The lowest BCUT2D eigenvalue weighted by atomic mass is 9.95. The number of hydrogen-bond donors (Lipinski definition) is 2. The molecule has 6 nitrogen and oxygen atoms in total. The second kappa shape index (κ2) is 8.49. The number of fused-ring (bicyclic) bond motifs is 1.